The zero-order chi connectivity index (χ0) is 32.2. The second-order valence-corrected chi connectivity index (χ2v) is 13.5. The predicted octanol–water partition coefficient (Wildman–Crippen LogP) is 4.97. The molecule has 44 heavy (non-hydrogen) atoms. The summed E-state index contributed by atoms with van der Waals surface area (Å²) >= 11 is 0. The molecule has 3 heterocycles. The third-order valence-electron chi connectivity index (χ3n) is 10.2. The summed E-state index contributed by atoms with van der Waals surface area (Å²) in [4.78, 5) is 49.5. The van der Waals surface area contributed by atoms with Crippen molar-refractivity contribution in [3.63, 3.8) is 0 Å². The van der Waals surface area contributed by atoms with Crippen LogP contribution in [0, 0.1) is 17.8 Å². The minimum absolute atomic E-state index is 0.0688. The number of carbonyl (C=O) groups excluding carboxylic acids is 3. The molecule has 3 amide bonds. The van der Waals surface area contributed by atoms with Gasteiger partial charge in [-0.2, -0.15) is 0 Å². The van der Waals surface area contributed by atoms with Gasteiger partial charge in [0.05, 0.1) is 30.1 Å². The summed E-state index contributed by atoms with van der Waals surface area (Å²) in [6, 6.07) is 8.25. The van der Waals surface area contributed by atoms with Crippen molar-refractivity contribution in [3.8, 4) is 0 Å². The quantitative estimate of drug-likeness (QED) is 0.268. The summed E-state index contributed by atoms with van der Waals surface area (Å²) in [5, 5.41) is 10.7. The lowest BCUT2D eigenvalue weighted by Gasteiger charge is -2.41. The molecule has 3 aliphatic heterocycles. The molecule has 1 aromatic carbocycles. The van der Waals surface area contributed by atoms with Gasteiger partial charge in [-0.25, -0.2) is 0 Å². The molecule has 1 aromatic rings. The summed E-state index contributed by atoms with van der Waals surface area (Å²) in [6.45, 7) is 18.8. The van der Waals surface area contributed by atoms with Gasteiger partial charge in [0.2, 0.25) is 17.7 Å². The molecule has 0 aliphatic carbocycles. The van der Waals surface area contributed by atoms with Gasteiger partial charge in [-0.3, -0.25) is 14.4 Å². The number of aliphatic hydroxyl groups is 1. The highest BCUT2D eigenvalue weighted by atomic mass is 16.5. The van der Waals surface area contributed by atoms with Crippen LogP contribution in [-0.4, -0.2) is 86.6 Å². The van der Waals surface area contributed by atoms with Crippen LogP contribution >= 0.6 is 0 Å². The number of hydrogen-bond donors (Lipinski definition) is 1. The highest BCUT2D eigenvalue weighted by molar-refractivity contribution is 5.99. The molecule has 3 fully saturated rings. The van der Waals surface area contributed by atoms with E-state index in [1.54, 1.807) is 22.0 Å². The number of carbonyl (C=O) groups is 3. The van der Waals surface area contributed by atoms with Gasteiger partial charge in [-0.15, -0.1) is 13.2 Å². The number of hydrogen-bond acceptors (Lipinski definition) is 5. The van der Waals surface area contributed by atoms with Gasteiger partial charge < -0.3 is 24.5 Å². The van der Waals surface area contributed by atoms with E-state index < -0.39 is 35.1 Å². The van der Waals surface area contributed by atoms with Crippen LogP contribution in [0.25, 0.3) is 0 Å². The van der Waals surface area contributed by atoms with Gasteiger partial charge in [0.15, 0.2) is 0 Å². The molecule has 3 saturated heterocycles. The van der Waals surface area contributed by atoms with Crippen molar-refractivity contribution in [2.24, 2.45) is 17.8 Å². The van der Waals surface area contributed by atoms with Gasteiger partial charge in [0.1, 0.15) is 11.6 Å². The molecule has 8 heteroatoms. The van der Waals surface area contributed by atoms with Crippen molar-refractivity contribution in [3.05, 3.63) is 61.2 Å². The van der Waals surface area contributed by atoms with E-state index in [2.05, 4.69) is 20.1 Å². The number of ether oxygens (including phenoxy) is 1. The largest absolute Gasteiger partial charge is 0.394 e. The first-order valence-corrected chi connectivity index (χ1v) is 16.5. The summed E-state index contributed by atoms with van der Waals surface area (Å²) in [6.07, 6.45) is 7.35. The molecule has 0 saturated carbocycles. The van der Waals surface area contributed by atoms with Crippen molar-refractivity contribution in [2.45, 2.75) is 109 Å². The summed E-state index contributed by atoms with van der Waals surface area (Å²) in [5.41, 5.74) is -1.00. The number of nitrogens with zero attached hydrogens (tertiary/aromatic N) is 3. The van der Waals surface area contributed by atoms with Gasteiger partial charge >= 0.3 is 0 Å². The first-order valence-electron chi connectivity index (χ1n) is 16.5. The van der Waals surface area contributed by atoms with E-state index in [9.17, 15) is 19.5 Å². The van der Waals surface area contributed by atoms with Gasteiger partial charge in [0.25, 0.3) is 0 Å². The maximum absolute atomic E-state index is 14.8. The molecule has 0 aromatic heterocycles. The molecule has 3 aliphatic rings. The zero-order valence-corrected chi connectivity index (χ0v) is 27.4. The lowest BCUT2D eigenvalue weighted by molar-refractivity contribution is -0.159. The van der Waals surface area contributed by atoms with Crippen LogP contribution < -0.4 is 0 Å². The number of likely N-dealkylation sites (tertiary alicyclic amines) is 1. The van der Waals surface area contributed by atoms with Crippen molar-refractivity contribution >= 4 is 17.7 Å². The van der Waals surface area contributed by atoms with E-state index in [0.717, 1.165) is 18.4 Å². The monoisotopic (exact) mass is 607 g/mol. The fraction of sp³-hybridized carbons (Fsp3) is 0.639. The molecule has 242 valence electrons. The molecule has 8 nitrogen and oxygen atoms in total. The fourth-order valence-electron chi connectivity index (χ4n) is 8.27. The predicted molar refractivity (Wildman–Crippen MR) is 172 cm³/mol. The Morgan fingerprint density at radius 1 is 1.09 bits per heavy atom. The average molecular weight is 608 g/mol. The summed E-state index contributed by atoms with van der Waals surface area (Å²) < 4.78 is 7.04. The minimum atomic E-state index is -1.15. The Hall–Kier alpha value is -2.97. The molecule has 4 rings (SSSR count). The van der Waals surface area contributed by atoms with Crippen molar-refractivity contribution in [1.29, 1.82) is 0 Å². The molecule has 3 unspecified atom stereocenters. The van der Waals surface area contributed by atoms with Crippen LogP contribution in [0.3, 0.4) is 0 Å². The molecular weight excluding hydrogens is 554 g/mol. The van der Waals surface area contributed by atoms with E-state index in [1.807, 2.05) is 62.9 Å². The molecule has 1 spiro atoms. The van der Waals surface area contributed by atoms with E-state index in [1.165, 1.54) is 0 Å². The summed E-state index contributed by atoms with van der Waals surface area (Å²) in [7, 11) is 0. The molecule has 1 N–H and O–H groups in total. The average Bonchev–Trinajstić information content (AvgIpc) is 3.62. The Kier molecular flexibility index (Phi) is 10.8. The van der Waals surface area contributed by atoms with Crippen LogP contribution in [0.1, 0.15) is 78.7 Å². The number of aliphatic hydroxyl groups excluding tert-OH is 1. The Morgan fingerprint density at radius 3 is 2.34 bits per heavy atom. The van der Waals surface area contributed by atoms with Crippen LogP contribution in [0.15, 0.2) is 55.6 Å². The zero-order valence-electron chi connectivity index (χ0n) is 27.4. The molecule has 7 atom stereocenters. The van der Waals surface area contributed by atoms with E-state index in [4.69, 9.17) is 4.74 Å². The lowest BCUT2D eigenvalue weighted by Crippen LogP contribution is -2.60. The third kappa shape index (κ3) is 5.87. The van der Waals surface area contributed by atoms with Crippen molar-refractivity contribution < 1.29 is 24.2 Å². The first-order chi connectivity index (χ1) is 21.0. The van der Waals surface area contributed by atoms with E-state index in [0.29, 0.717) is 45.3 Å². The smallest absolute Gasteiger partial charge is 0.248 e. The second-order valence-electron chi connectivity index (χ2n) is 13.5. The Balaban J connectivity index is 1.84. The third-order valence-corrected chi connectivity index (χ3v) is 10.2. The minimum Gasteiger partial charge on any atom is -0.394 e. The number of benzene rings is 1. The van der Waals surface area contributed by atoms with Gasteiger partial charge in [-0.05, 0) is 50.5 Å². The lowest BCUT2D eigenvalue weighted by atomic mass is 9.64. The maximum Gasteiger partial charge on any atom is 0.248 e. The maximum atomic E-state index is 14.8. The van der Waals surface area contributed by atoms with Crippen LogP contribution in [-0.2, 0) is 25.7 Å². The van der Waals surface area contributed by atoms with Gasteiger partial charge in [-0.1, -0.05) is 76.6 Å². The van der Waals surface area contributed by atoms with Crippen LogP contribution in [0.2, 0.25) is 0 Å². The number of rotatable bonds is 16. The molecular formula is C36H53N3O5. The standard InChI is InChI=1S/C36H53N3O5/c1-8-15-26(7)38(21-10-3)34(43)31-36-19-18-35(11-4,44-36)29(30(36)33(42)39(31)28(24-40)22-25(5)6)32(41)37(20-9-2)23-27-16-13-12-14-17-27/h9-10,12-14,16-17,25-26,28-31,40H,2-3,8,11,15,18-24H2,1,4-7H3/t26?,28-,29+,30+,31?,35-,36?/m1/s1. The Bertz CT molecular complexity index is 1200. The molecule has 0 radical (unpaired) electrons. The number of fused-ring (bicyclic) bond motifs is 1. The summed E-state index contributed by atoms with van der Waals surface area (Å²) in [5.74, 6) is -1.95. The fourth-order valence-corrected chi connectivity index (χ4v) is 8.27. The topological polar surface area (TPSA) is 90.4 Å². The normalized spacial score (nSPS) is 28.6. The molecule has 2 bridgehead atoms. The van der Waals surface area contributed by atoms with E-state index in [-0.39, 0.29) is 36.3 Å². The van der Waals surface area contributed by atoms with Gasteiger partial charge in [0, 0.05) is 25.7 Å². The van der Waals surface area contributed by atoms with E-state index >= 15 is 0 Å². The Morgan fingerprint density at radius 2 is 1.77 bits per heavy atom. The van der Waals surface area contributed by atoms with Crippen molar-refractivity contribution in [2.75, 3.05) is 19.7 Å². The SMILES string of the molecule is C=CCN(Cc1ccccc1)C(=O)[C@@H]1[C@H]2C(=O)N([C@@H](CO)CC(C)C)C(C(=O)N(CC=C)C(C)CCC)C23CC[C@@]1(CC)O3. The second kappa shape index (κ2) is 14.0. The Labute approximate surface area is 264 Å². The first kappa shape index (κ1) is 33.9. The van der Waals surface area contributed by atoms with Crippen LogP contribution in [0.5, 0.6) is 0 Å². The number of amides is 3. The highest BCUT2D eigenvalue weighted by Crippen LogP contribution is 2.65. The van der Waals surface area contributed by atoms with Crippen LogP contribution in [0.4, 0.5) is 0 Å². The van der Waals surface area contributed by atoms with Crippen molar-refractivity contribution in [1.82, 2.24) is 14.7 Å². The highest BCUT2D eigenvalue weighted by Gasteiger charge is 2.79.